The van der Waals surface area contributed by atoms with Gasteiger partial charge >= 0.3 is 5.69 Å². The summed E-state index contributed by atoms with van der Waals surface area (Å²) in [5.41, 5.74) is 1.55. The van der Waals surface area contributed by atoms with E-state index in [1.54, 1.807) is 12.1 Å². The molecule has 0 radical (unpaired) electrons. The second-order valence-electron chi connectivity index (χ2n) is 7.01. The molecule has 130 valence electrons. The number of rotatable bonds is 4. The Morgan fingerprint density at radius 3 is 2.71 bits per heavy atom. The molecule has 6 heteroatoms. The molecule has 0 spiro atoms. The minimum absolute atomic E-state index is 0.100. The second-order valence-corrected chi connectivity index (χ2v) is 7.44. The van der Waals surface area contributed by atoms with Gasteiger partial charge in [-0.3, -0.25) is 9.36 Å². The molecule has 1 fully saturated rings. The van der Waals surface area contributed by atoms with Crippen LogP contribution in [0, 0.1) is 5.92 Å². The van der Waals surface area contributed by atoms with E-state index in [0.29, 0.717) is 30.5 Å². The van der Waals surface area contributed by atoms with Gasteiger partial charge in [0.05, 0.1) is 11.0 Å². The number of halogens is 1. The zero-order chi connectivity index (χ0) is 17.3. The summed E-state index contributed by atoms with van der Waals surface area (Å²) in [6, 6.07) is 5.59. The number of nitrogens with one attached hydrogen (secondary N) is 1. The highest BCUT2D eigenvalue weighted by Crippen LogP contribution is 2.26. The van der Waals surface area contributed by atoms with Gasteiger partial charge in [0, 0.05) is 30.6 Å². The Bertz CT molecular complexity index is 785. The van der Waals surface area contributed by atoms with Gasteiger partial charge in [0.15, 0.2) is 0 Å². The highest BCUT2D eigenvalue weighted by Gasteiger charge is 2.25. The van der Waals surface area contributed by atoms with Crippen molar-refractivity contribution in [1.29, 1.82) is 0 Å². The highest BCUT2D eigenvalue weighted by molar-refractivity contribution is 6.31. The standard InChI is InChI=1S/C18H24ClN3O2/c1-12(2)3-6-17(23)21-9-7-14(8-10-21)22-16-5-4-13(19)11-15(16)20-18(22)24/h4-5,11-12,14H,3,6-10H2,1-2H3,(H,20,24). The van der Waals surface area contributed by atoms with E-state index in [9.17, 15) is 9.59 Å². The Morgan fingerprint density at radius 2 is 2.04 bits per heavy atom. The Labute approximate surface area is 146 Å². The summed E-state index contributed by atoms with van der Waals surface area (Å²) in [5.74, 6) is 0.781. The number of hydrogen-bond donors (Lipinski definition) is 1. The fraction of sp³-hybridized carbons (Fsp3) is 0.556. The van der Waals surface area contributed by atoms with Crippen molar-refractivity contribution in [3.8, 4) is 0 Å². The maximum atomic E-state index is 12.3. The average molecular weight is 350 g/mol. The molecule has 0 aliphatic carbocycles. The van der Waals surface area contributed by atoms with Crippen molar-refractivity contribution >= 4 is 28.5 Å². The van der Waals surface area contributed by atoms with E-state index in [-0.39, 0.29) is 17.6 Å². The molecule has 0 bridgehead atoms. The normalized spacial score (nSPS) is 16.2. The number of aromatic amines is 1. The number of H-pyrrole nitrogens is 1. The van der Waals surface area contributed by atoms with Crippen molar-refractivity contribution in [3.05, 3.63) is 33.7 Å². The molecule has 1 aliphatic heterocycles. The van der Waals surface area contributed by atoms with Gasteiger partial charge in [-0.2, -0.15) is 0 Å². The Morgan fingerprint density at radius 1 is 1.33 bits per heavy atom. The van der Waals surface area contributed by atoms with E-state index in [1.165, 1.54) is 0 Å². The zero-order valence-electron chi connectivity index (χ0n) is 14.2. The summed E-state index contributed by atoms with van der Waals surface area (Å²) in [4.78, 5) is 29.4. The Balaban J connectivity index is 1.70. The van der Waals surface area contributed by atoms with Crippen LogP contribution in [0.15, 0.2) is 23.0 Å². The number of likely N-dealkylation sites (tertiary alicyclic amines) is 1. The van der Waals surface area contributed by atoms with Crippen molar-refractivity contribution in [2.24, 2.45) is 5.92 Å². The molecule has 24 heavy (non-hydrogen) atoms. The predicted molar refractivity (Wildman–Crippen MR) is 96.5 cm³/mol. The lowest BCUT2D eigenvalue weighted by Gasteiger charge is -2.32. The van der Waals surface area contributed by atoms with Gasteiger partial charge in [0.1, 0.15) is 0 Å². The zero-order valence-corrected chi connectivity index (χ0v) is 15.0. The molecular weight excluding hydrogens is 326 g/mol. The number of imidazole rings is 1. The number of amides is 1. The fourth-order valence-corrected chi connectivity index (χ4v) is 3.58. The largest absolute Gasteiger partial charge is 0.343 e. The van der Waals surface area contributed by atoms with Crippen molar-refractivity contribution in [1.82, 2.24) is 14.5 Å². The lowest BCUT2D eigenvalue weighted by molar-refractivity contribution is -0.132. The summed E-state index contributed by atoms with van der Waals surface area (Å²) in [6.07, 6.45) is 3.17. The number of fused-ring (bicyclic) bond motifs is 1. The monoisotopic (exact) mass is 349 g/mol. The van der Waals surface area contributed by atoms with Crippen molar-refractivity contribution < 1.29 is 4.79 Å². The van der Waals surface area contributed by atoms with E-state index in [2.05, 4.69) is 18.8 Å². The third-order valence-electron chi connectivity index (χ3n) is 4.80. The first kappa shape index (κ1) is 17.1. The molecule has 0 unspecified atom stereocenters. The molecule has 5 nitrogen and oxygen atoms in total. The van der Waals surface area contributed by atoms with Gasteiger partial charge < -0.3 is 9.88 Å². The first-order chi connectivity index (χ1) is 11.5. The van der Waals surface area contributed by atoms with Gasteiger partial charge in [0.2, 0.25) is 5.91 Å². The summed E-state index contributed by atoms with van der Waals surface area (Å²) >= 11 is 6.00. The summed E-state index contributed by atoms with van der Waals surface area (Å²) < 4.78 is 1.82. The molecule has 1 aliphatic rings. The van der Waals surface area contributed by atoms with Gasteiger partial charge in [-0.05, 0) is 43.4 Å². The topological polar surface area (TPSA) is 58.1 Å². The van der Waals surface area contributed by atoms with E-state index < -0.39 is 0 Å². The van der Waals surface area contributed by atoms with E-state index in [4.69, 9.17) is 11.6 Å². The van der Waals surface area contributed by atoms with E-state index in [0.717, 1.165) is 30.3 Å². The molecule has 1 amide bonds. The van der Waals surface area contributed by atoms with Crippen LogP contribution in [0.4, 0.5) is 0 Å². The maximum Gasteiger partial charge on any atom is 0.326 e. The first-order valence-electron chi connectivity index (χ1n) is 8.63. The summed E-state index contributed by atoms with van der Waals surface area (Å²) in [5, 5.41) is 0.612. The number of piperidine rings is 1. The lowest BCUT2D eigenvalue weighted by Crippen LogP contribution is -2.40. The number of aromatic nitrogens is 2. The smallest absolute Gasteiger partial charge is 0.326 e. The molecule has 0 atom stereocenters. The van der Waals surface area contributed by atoms with Crippen LogP contribution in [0.25, 0.3) is 11.0 Å². The minimum Gasteiger partial charge on any atom is -0.343 e. The number of carbonyl (C=O) groups excluding carboxylic acids is 1. The molecule has 2 aromatic rings. The van der Waals surface area contributed by atoms with E-state index in [1.807, 2.05) is 15.5 Å². The SMILES string of the molecule is CC(C)CCC(=O)N1CCC(n2c(=O)[nH]c3cc(Cl)ccc32)CC1. The lowest BCUT2D eigenvalue weighted by atomic mass is 10.0. The van der Waals surface area contributed by atoms with Crippen LogP contribution >= 0.6 is 11.6 Å². The number of benzene rings is 1. The summed E-state index contributed by atoms with van der Waals surface area (Å²) in [6.45, 7) is 5.70. The Kier molecular flexibility index (Phi) is 4.99. The molecule has 3 rings (SSSR count). The molecule has 1 saturated heterocycles. The third-order valence-corrected chi connectivity index (χ3v) is 5.03. The number of carbonyl (C=O) groups is 1. The van der Waals surface area contributed by atoms with Gasteiger partial charge in [0.25, 0.3) is 0 Å². The van der Waals surface area contributed by atoms with Crippen LogP contribution in [0.1, 0.15) is 45.6 Å². The van der Waals surface area contributed by atoms with Gasteiger partial charge in [-0.25, -0.2) is 4.79 Å². The van der Waals surface area contributed by atoms with Crippen molar-refractivity contribution in [2.45, 2.75) is 45.6 Å². The molecule has 1 aromatic carbocycles. The fourth-order valence-electron chi connectivity index (χ4n) is 3.41. The quantitative estimate of drug-likeness (QED) is 0.917. The first-order valence-corrected chi connectivity index (χ1v) is 9.01. The molecule has 2 heterocycles. The summed E-state index contributed by atoms with van der Waals surface area (Å²) in [7, 11) is 0. The van der Waals surface area contributed by atoms with Crippen LogP contribution in [-0.4, -0.2) is 33.4 Å². The molecule has 1 N–H and O–H groups in total. The maximum absolute atomic E-state index is 12.3. The molecule has 0 saturated carbocycles. The van der Waals surface area contributed by atoms with Crippen molar-refractivity contribution in [3.63, 3.8) is 0 Å². The van der Waals surface area contributed by atoms with Crippen LogP contribution in [-0.2, 0) is 4.79 Å². The van der Waals surface area contributed by atoms with Crippen LogP contribution in [0.3, 0.4) is 0 Å². The van der Waals surface area contributed by atoms with Crippen LogP contribution < -0.4 is 5.69 Å². The Hall–Kier alpha value is -1.75. The third kappa shape index (κ3) is 3.51. The van der Waals surface area contributed by atoms with Crippen LogP contribution in [0.2, 0.25) is 5.02 Å². The second kappa shape index (κ2) is 7.01. The van der Waals surface area contributed by atoms with Gasteiger partial charge in [-0.15, -0.1) is 0 Å². The van der Waals surface area contributed by atoms with Gasteiger partial charge in [-0.1, -0.05) is 25.4 Å². The molecular formula is C18H24ClN3O2. The van der Waals surface area contributed by atoms with Crippen molar-refractivity contribution in [2.75, 3.05) is 13.1 Å². The highest BCUT2D eigenvalue weighted by atomic mass is 35.5. The average Bonchev–Trinajstić information content (AvgIpc) is 2.87. The van der Waals surface area contributed by atoms with Crippen LogP contribution in [0.5, 0.6) is 0 Å². The number of nitrogens with zero attached hydrogens (tertiary/aromatic N) is 2. The predicted octanol–water partition coefficient (Wildman–Crippen LogP) is 3.58. The number of hydrogen-bond acceptors (Lipinski definition) is 2. The van der Waals surface area contributed by atoms with E-state index >= 15 is 0 Å². The minimum atomic E-state index is -0.100. The molecule has 1 aromatic heterocycles.